The molecule has 138 valence electrons. The number of fused-ring (bicyclic) bond motifs is 1. The fourth-order valence-corrected chi connectivity index (χ4v) is 3.52. The van der Waals surface area contributed by atoms with Crippen molar-refractivity contribution in [3.05, 3.63) is 69.7 Å². The van der Waals surface area contributed by atoms with Crippen LogP contribution in [0.15, 0.2) is 48.5 Å². The van der Waals surface area contributed by atoms with E-state index in [-0.39, 0.29) is 23.9 Å². The number of benzene rings is 2. The molecule has 0 saturated carbocycles. The summed E-state index contributed by atoms with van der Waals surface area (Å²) in [6.45, 7) is 1.43. The van der Waals surface area contributed by atoms with Crippen LogP contribution in [0, 0.1) is 0 Å². The summed E-state index contributed by atoms with van der Waals surface area (Å²) in [7, 11) is 0. The Hall–Kier alpha value is -2.57. The largest absolute Gasteiger partial charge is 0.347 e. The van der Waals surface area contributed by atoms with Gasteiger partial charge in [0.1, 0.15) is 0 Å². The van der Waals surface area contributed by atoms with Gasteiger partial charge in [0.25, 0.3) is 5.95 Å². The molecule has 6 nitrogen and oxygen atoms in total. The number of nitrogens with zero attached hydrogens (tertiary/aromatic N) is 3. The molecule has 4 rings (SSSR count). The van der Waals surface area contributed by atoms with Crippen LogP contribution in [0.5, 0.6) is 0 Å². The number of halogens is 2. The predicted octanol–water partition coefficient (Wildman–Crippen LogP) is 4.69. The lowest BCUT2D eigenvalue weighted by molar-refractivity contribution is -0.114. The maximum absolute atomic E-state index is 11.4. The first-order valence-electron chi connectivity index (χ1n) is 8.51. The van der Waals surface area contributed by atoms with Gasteiger partial charge in [0.05, 0.1) is 12.1 Å². The highest BCUT2D eigenvalue weighted by atomic mass is 35.5. The maximum atomic E-state index is 11.4. The Balaban J connectivity index is 1.74. The van der Waals surface area contributed by atoms with Crippen molar-refractivity contribution in [3.8, 4) is 0 Å². The molecular formula is C19H17Cl2N5O. The van der Waals surface area contributed by atoms with E-state index in [1.807, 2.05) is 48.5 Å². The summed E-state index contributed by atoms with van der Waals surface area (Å²) in [5.74, 6) is 0.667. The van der Waals surface area contributed by atoms with Crippen LogP contribution in [-0.4, -0.2) is 20.7 Å². The zero-order valence-electron chi connectivity index (χ0n) is 14.5. The van der Waals surface area contributed by atoms with E-state index in [2.05, 4.69) is 20.7 Å². The second-order valence-corrected chi connectivity index (χ2v) is 7.31. The quantitative estimate of drug-likeness (QED) is 0.667. The van der Waals surface area contributed by atoms with Gasteiger partial charge in [-0.3, -0.25) is 10.1 Å². The lowest BCUT2D eigenvalue weighted by atomic mass is 9.93. The molecule has 1 aromatic heterocycles. The van der Waals surface area contributed by atoms with Crippen molar-refractivity contribution in [2.75, 3.05) is 10.6 Å². The molecule has 0 bridgehead atoms. The highest BCUT2D eigenvalue weighted by molar-refractivity contribution is 6.30. The highest BCUT2D eigenvalue weighted by Gasteiger charge is 2.31. The number of anilines is 2. The van der Waals surface area contributed by atoms with Crippen LogP contribution in [-0.2, 0) is 4.79 Å². The average molecular weight is 402 g/mol. The average Bonchev–Trinajstić information content (AvgIpc) is 3.03. The van der Waals surface area contributed by atoms with E-state index >= 15 is 0 Å². The van der Waals surface area contributed by atoms with Crippen molar-refractivity contribution in [2.45, 2.75) is 25.4 Å². The maximum Gasteiger partial charge on any atom is 0.250 e. The zero-order chi connectivity index (χ0) is 19.0. The Kier molecular flexibility index (Phi) is 4.76. The zero-order valence-corrected chi connectivity index (χ0v) is 16.0. The molecule has 2 unspecified atom stereocenters. The van der Waals surface area contributed by atoms with E-state index in [0.717, 1.165) is 17.5 Å². The van der Waals surface area contributed by atoms with Gasteiger partial charge in [-0.1, -0.05) is 47.5 Å². The molecule has 0 spiro atoms. The van der Waals surface area contributed by atoms with E-state index in [1.165, 1.54) is 6.92 Å². The van der Waals surface area contributed by atoms with Crippen molar-refractivity contribution in [1.29, 1.82) is 0 Å². The van der Waals surface area contributed by atoms with Gasteiger partial charge in [-0.25, -0.2) is 4.68 Å². The SMILES string of the molecule is CC(=O)Nc1nc2n(n1)C(c1ccc(Cl)cc1)CC(c1ccc(Cl)cc1)N2. The van der Waals surface area contributed by atoms with Gasteiger partial charge in [-0.2, -0.15) is 4.98 Å². The molecule has 2 heterocycles. The molecule has 0 radical (unpaired) electrons. The lowest BCUT2D eigenvalue weighted by Crippen LogP contribution is -2.28. The molecule has 27 heavy (non-hydrogen) atoms. The molecule has 8 heteroatoms. The Morgan fingerprint density at radius 3 is 2.26 bits per heavy atom. The third-order valence-corrected chi connectivity index (χ3v) is 5.01. The van der Waals surface area contributed by atoms with Crippen molar-refractivity contribution in [2.24, 2.45) is 0 Å². The van der Waals surface area contributed by atoms with Crippen LogP contribution in [0.2, 0.25) is 10.0 Å². The van der Waals surface area contributed by atoms with Crippen molar-refractivity contribution in [3.63, 3.8) is 0 Å². The number of hydrogen-bond acceptors (Lipinski definition) is 4. The summed E-state index contributed by atoms with van der Waals surface area (Å²) in [4.78, 5) is 15.8. The van der Waals surface area contributed by atoms with Crippen LogP contribution in [0.25, 0.3) is 0 Å². The Morgan fingerprint density at radius 2 is 1.67 bits per heavy atom. The number of rotatable bonds is 3. The monoisotopic (exact) mass is 401 g/mol. The van der Waals surface area contributed by atoms with Crippen LogP contribution in [0.4, 0.5) is 11.9 Å². The third kappa shape index (κ3) is 3.77. The molecular weight excluding hydrogens is 385 g/mol. The molecule has 0 fully saturated rings. The van der Waals surface area contributed by atoms with Gasteiger partial charge in [0, 0.05) is 17.0 Å². The van der Waals surface area contributed by atoms with Crippen molar-refractivity contribution < 1.29 is 4.79 Å². The first kappa shape index (κ1) is 17.8. The predicted molar refractivity (Wildman–Crippen MR) is 106 cm³/mol. The molecule has 2 atom stereocenters. The standard InChI is InChI=1S/C19H17Cl2N5O/c1-11(27)22-18-24-19-23-16(12-2-6-14(20)7-3-12)10-17(26(19)25-18)13-4-8-15(21)9-5-13/h2-9,16-17H,10H2,1H3,(H2,22,23,24,25,27). The molecule has 1 aliphatic heterocycles. The summed E-state index contributed by atoms with van der Waals surface area (Å²) >= 11 is 12.1. The third-order valence-electron chi connectivity index (χ3n) is 4.50. The smallest absolute Gasteiger partial charge is 0.250 e. The molecule has 2 aromatic carbocycles. The normalized spacial score (nSPS) is 18.5. The summed E-state index contributed by atoms with van der Waals surface area (Å²) in [6.07, 6.45) is 0.763. The van der Waals surface area contributed by atoms with Crippen LogP contribution < -0.4 is 10.6 Å². The molecule has 3 aromatic rings. The molecule has 1 aliphatic rings. The number of amides is 1. The summed E-state index contributed by atoms with van der Waals surface area (Å²) in [6, 6.07) is 15.4. The van der Waals surface area contributed by atoms with Gasteiger partial charge in [0.15, 0.2) is 0 Å². The van der Waals surface area contributed by atoms with Gasteiger partial charge >= 0.3 is 0 Å². The van der Waals surface area contributed by atoms with Gasteiger partial charge in [-0.15, -0.1) is 5.10 Å². The van der Waals surface area contributed by atoms with Crippen LogP contribution >= 0.6 is 23.2 Å². The van der Waals surface area contributed by atoms with Gasteiger partial charge in [-0.05, 0) is 41.8 Å². The Morgan fingerprint density at radius 1 is 1.07 bits per heavy atom. The first-order chi connectivity index (χ1) is 13.0. The van der Waals surface area contributed by atoms with E-state index in [9.17, 15) is 4.79 Å². The van der Waals surface area contributed by atoms with E-state index in [1.54, 1.807) is 4.68 Å². The van der Waals surface area contributed by atoms with E-state index < -0.39 is 0 Å². The Bertz CT molecular complexity index is 969. The summed E-state index contributed by atoms with van der Waals surface area (Å²) in [5.41, 5.74) is 2.18. The van der Waals surface area contributed by atoms with Crippen LogP contribution in [0.1, 0.15) is 36.6 Å². The first-order valence-corrected chi connectivity index (χ1v) is 9.27. The second-order valence-electron chi connectivity index (χ2n) is 6.44. The van der Waals surface area contributed by atoms with Crippen LogP contribution in [0.3, 0.4) is 0 Å². The summed E-state index contributed by atoms with van der Waals surface area (Å²) < 4.78 is 1.81. The van der Waals surface area contributed by atoms with E-state index in [4.69, 9.17) is 23.2 Å². The number of aromatic nitrogens is 3. The number of nitrogens with one attached hydrogen (secondary N) is 2. The van der Waals surface area contributed by atoms with Gasteiger partial charge < -0.3 is 5.32 Å². The number of hydrogen-bond donors (Lipinski definition) is 2. The molecule has 0 saturated heterocycles. The minimum Gasteiger partial charge on any atom is -0.347 e. The second kappa shape index (κ2) is 7.21. The lowest BCUT2D eigenvalue weighted by Gasteiger charge is -2.31. The molecule has 1 amide bonds. The minimum atomic E-state index is -0.213. The fourth-order valence-electron chi connectivity index (χ4n) is 3.26. The molecule has 0 aliphatic carbocycles. The molecule has 2 N–H and O–H groups in total. The number of carbonyl (C=O) groups excluding carboxylic acids is 1. The van der Waals surface area contributed by atoms with Crippen molar-refractivity contribution >= 4 is 41.0 Å². The Labute approximate surface area is 166 Å². The summed E-state index contributed by atoms with van der Waals surface area (Å²) in [5, 5.41) is 11.9. The fraction of sp³-hybridized carbons (Fsp3) is 0.211. The van der Waals surface area contributed by atoms with Gasteiger partial charge in [0.2, 0.25) is 11.9 Å². The highest BCUT2D eigenvalue weighted by Crippen LogP contribution is 2.38. The van der Waals surface area contributed by atoms with E-state index in [0.29, 0.717) is 16.0 Å². The number of carbonyl (C=O) groups is 1. The minimum absolute atomic E-state index is 0.0322. The van der Waals surface area contributed by atoms with Crippen molar-refractivity contribution in [1.82, 2.24) is 14.8 Å². The topological polar surface area (TPSA) is 71.8 Å².